The average molecular weight is 316 g/mol. The Morgan fingerprint density at radius 2 is 1.79 bits per heavy atom. The fourth-order valence-corrected chi connectivity index (χ4v) is 2.65. The first-order valence-corrected chi connectivity index (χ1v) is 7.74. The molecule has 2 aromatic carbocycles. The third kappa shape index (κ3) is 2.72. The van der Waals surface area contributed by atoms with Gasteiger partial charge in [0, 0.05) is 5.39 Å². The molecule has 0 saturated heterocycles. The van der Waals surface area contributed by atoms with Crippen molar-refractivity contribution in [3.05, 3.63) is 71.9 Å². The van der Waals surface area contributed by atoms with Crippen LogP contribution in [0.3, 0.4) is 0 Å². The van der Waals surface area contributed by atoms with Gasteiger partial charge >= 0.3 is 0 Å². The van der Waals surface area contributed by atoms with Crippen LogP contribution in [-0.4, -0.2) is 25.1 Å². The number of benzene rings is 2. The third-order valence-electron chi connectivity index (χ3n) is 3.97. The smallest absolute Gasteiger partial charge is 0.141 e. The molecule has 0 aliphatic heterocycles. The minimum Gasteiger partial charge on any atom is -0.506 e. The van der Waals surface area contributed by atoms with Crippen LogP contribution in [0.1, 0.15) is 11.1 Å². The first-order chi connectivity index (χ1) is 11.7. The summed E-state index contributed by atoms with van der Waals surface area (Å²) in [6.07, 6.45) is 1.87. The lowest BCUT2D eigenvalue weighted by Gasteiger charge is -2.02. The van der Waals surface area contributed by atoms with E-state index in [1.807, 2.05) is 24.4 Å². The van der Waals surface area contributed by atoms with Crippen molar-refractivity contribution in [1.82, 2.24) is 20.0 Å². The van der Waals surface area contributed by atoms with Crippen LogP contribution >= 0.6 is 0 Å². The maximum atomic E-state index is 9.96. The van der Waals surface area contributed by atoms with Crippen molar-refractivity contribution < 1.29 is 5.11 Å². The second-order valence-electron chi connectivity index (χ2n) is 5.83. The zero-order valence-corrected chi connectivity index (χ0v) is 13.2. The van der Waals surface area contributed by atoms with E-state index in [2.05, 4.69) is 46.5 Å². The first-order valence-electron chi connectivity index (χ1n) is 7.74. The Labute approximate surface area is 139 Å². The molecule has 0 unspecified atom stereocenters. The van der Waals surface area contributed by atoms with E-state index in [9.17, 15) is 5.11 Å². The molecule has 118 valence electrons. The van der Waals surface area contributed by atoms with Crippen LogP contribution in [0.5, 0.6) is 5.75 Å². The molecular weight excluding hydrogens is 300 g/mol. The Kier molecular flexibility index (Phi) is 3.46. The van der Waals surface area contributed by atoms with Crippen molar-refractivity contribution in [2.75, 3.05) is 0 Å². The van der Waals surface area contributed by atoms with Crippen LogP contribution in [0.15, 0.2) is 60.8 Å². The number of hydrogen-bond donors (Lipinski definition) is 1. The van der Waals surface area contributed by atoms with Crippen molar-refractivity contribution in [2.24, 2.45) is 0 Å². The number of rotatable bonds is 3. The molecule has 0 aliphatic carbocycles. The minimum absolute atomic E-state index is 0.168. The lowest BCUT2D eigenvalue weighted by Crippen LogP contribution is -2.00. The highest BCUT2D eigenvalue weighted by Gasteiger charge is 2.08. The summed E-state index contributed by atoms with van der Waals surface area (Å²) in [4.78, 5) is 4.51. The second kappa shape index (κ2) is 5.77. The molecule has 0 fully saturated rings. The summed E-state index contributed by atoms with van der Waals surface area (Å²) < 4.78 is 1.79. The predicted molar refractivity (Wildman–Crippen MR) is 92.7 cm³/mol. The quantitative estimate of drug-likeness (QED) is 0.628. The van der Waals surface area contributed by atoms with E-state index in [1.165, 1.54) is 11.1 Å². The molecule has 0 saturated carbocycles. The van der Waals surface area contributed by atoms with Gasteiger partial charge in [0.25, 0.3) is 0 Å². The van der Waals surface area contributed by atoms with Gasteiger partial charge in [0.2, 0.25) is 0 Å². The molecule has 4 aromatic rings. The highest BCUT2D eigenvalue weighted by molar-refractivity contribution is 5.86. The third-order valence-corrected chi connectivity index (χ3v) is 3.97. The highest BCUT2D eigenvalue weighted by Crippen LogP contribution is 2.25. The highest BCUT2D eigenvalue weighted by atomic mass is 16.3. The monoisotopic (exact) mass is 316 g/mol. The van der Waals surface area contributed by atoms with Gasteiger partial charge in [-0.1, -0.05) is 53.2 Å². The van der Waals surface area contributed by atoms with Crippen LogP contribution in [-0.2, 0) is 6.54 Å². The molecule has 0 amide bonds. The number of para-hydroxylation sites is 1. The van der Waals surface area contributed by atoms with Crippen molar-refractivity contribution in [1.29, 1.82) is 0 Å². The number of hydrogen-bond acceptors (Lipinski definition) is 4. The van der Waals surface area contributed by atoms with Crippen molar-refractivity contribution in [3.63, 3.8) is 0 Å². The number of nitrogens with zero attached hydrogens (tertiary/aromatic N) is 4. The Hall–Kier alpha value is -3.21. The number of aryl methyl sites for hydroxylation is 1. The molecular formula is C19H16N4O. The molecule has 5 heteroatoms. The molecule has 24 heavy (non-hydrogen) atoms. The summed E-state index contributed by atoms with van der Waals surface area (Å²) in [6.45, 7) is 2.73. The fourth-order valence-electron chi connectivity index (χ4n) is 2.65. The summed E-state index contributed by atoms with van der Waals surface area (Å²) in [5, 5.41) is 19.2. The van der Waals surface area contributed by atoms with Crippen LogP contribution in [0, 0.1) is 6.92 Å². The molecule has 2 heterocycles. The van der Waals surface area contributed by atoms with Gasteiger partial charge in [-0.15, -0.1) is 5.10 Å². The normalized spacial score (nSPS) is 11.0. The van der Waals surface area contributed by atoms with Gasteiger partial charge in [0.05, 0.1) is 18.4 Å². The lowest BCUT2D eigenvalue weighted by atomic mass is 10.1. The predicted octanol–water partition coefficient (Wildman–Crippen LogP) is 3.56. The average Bonchev–Trinajstić information content (AvgIpc) is 3.06. The number of phenols is 1. The molecule has 5 nitrogen and oxygen atoms in total. The van der Waals surface area contributed by atoms with Gasteiger partial charge in [0.15, 0.2) is 0 Å². The number of fused-ring (bicyclic) bond motifs is 1. The van der Waals surface area contributed by atoms with Gasteiger partial charge in [-0.25, -0.2) is 9.67 Å². The molecule has 0 radical (unpaired) electrons. The Morgan fingerprint density at radius 3 is 2.62 bits per heavy atom. The number of aromatic hydroxyl groups is 1. The van der Waals surface area contributed by atoms with E-state index >= 15 is 0 Å². The van der Waals surface area contributed by atoms with E-state index in [1.54, 1.807) is 16.8 Å². The van der Waals surface area contributed by atoms with Crippen LogP contribution < -0.4 is 0 Å². The van der Waals surface area contributed by atoms with Crippen molar-refractivity contribution >= 4 is 10.9 Å². The summed E-state index contributed by atoms with van der Waals surface area (Å²) in [7, 11) is 0. The summed E-state index contributed by atoms with van der Waals surface area (Å²) in [5.74, 6) is 0.168. The van der Waals surface area contributed by atoms with E-state index in [0.29, 0.717) is 23.4 Å². The number of phenolic OH excluding ortho intramolecular Hbond substituents is 1. The molecule has 4 rings (SSSR count). The van der Waals surface area contributed by atoms with E-state index in [4.69, 9.17) is 0 Å². The molecule has 0 bridgehead atoms. The van der Waals surface area contributed by atoms with E-state index in [-0.39, 0.29) is 5.75 Å². The van der Waals surface area contributed by atoms with Crippen LogP contribution in [0.2, 0.25) is 0 Å². The van der Waals surface area contributed by atoms with E-state index in [0.717, 1.165) is 5.39 Å². The molecule has 2 aromatic heterocycles. The van der Waals surface area contributed by atoms with Crippen molar-refractivity contribution in [2.45, 2.75) is 13.5 Å². The Morgan fingerprint density at radius 1 is 0.958 bits per heavy atom. The zero-order valence-electron chi connectivity index (χ0n) is 13.2. The van der Waals surface area contributed by atoms with Crippen molar-refractivity contribution in [3.8, 4) is 17.1 Å². The SMILES string of the molecule is Cc1ccc(Cn2cc(-c3ccc4cccc(O)c4n3)nn2)cc1. The topological polar surface area (TPSA) is 63.8 Å². The molecule has 0 atom stereocenters. The minimum atomic E-state index is 0.168. The lowest BCUT2D eigenvalue weighted by molar-refractivity contribution is 0.480. The second-order valence-corrected chi connectivity index (χ2v) is 5.83. The van der Waals surface area contributed by atoms with Crippen LogP contribution in [0.4, 0.5) is 0 Å². The fraction of sp³-hybridized carbons (Fsp3) is 0.105. The van der Waals surface area contributed by atoms with Gasteiger partial charge < -0.3 is 5.11 Å². The molecule has 0 spiro atoms. The largest absolute Gasteiger partial charge is 0.506 e. The Bertz CT molecular complexity index is 1010. The number of aromatic nitrogens is 4. The summed E-state index contributed by atoms with van der Waals surface area (Å²) in [5.41, 5.74) is 4.36. The maximum Gasteiger partial charge on any atom is 0.141 e. The van der Waals surface area contributed by atoms with Gasteiger partial charge in [-0.3, -0.25) is 0 Å². The Balaban J connectivity index is 1.64. The standard InChI is InChI=1S/C19H16N4O/c1-13-5-7-14(8-6-13)11-23-12-17(21-22-23)16-10-9-15-3-2-4-18(24)19(15)20-16/h2-10,12,24H,11H2,1H3. The first kappa shape index (κ1) is 14.4. The van der Waals surface area contributed by atoms with Gasteiger partial charge in [0.1, 0.15) is 17.0 Å². The summed E-state index contributed by atoms with van der Waals surface area (Å²) in [6, 6.07) is 17.5. The van der Waals surface area contributed by atoms with Gasteiger partial charge in [-0.05, 0) is 24.6 Å². The number of pyridine rings is 1. The molecule has 0 aliphatic rings. The van der Waals surface area contributed by atoms with Crippen LogP contribution in [0.25, 0.3) is 22.3 Å². The molecule has 1 N–H and O–H groups in total. The van der Waals surface area contributed by atoms with Gasteiger partial charge in [-0.2, -0.15) is 0 Å². The van der Waals surface area contributed by atoms with E-state index < -0.39 is 0 Å². The summed E-state index contributed by atoms with van der Waals surface area (Å²) >= 11 is 0. The zero-order chi connectivity index (χ0) is 16.5. The maximum absolute atomic E-state index is 9.96.